The van der Waals surface area contributed by atoms with Crippen molar-refractivity contribution in [1.29, 1.82) is 0 Å². The normalized spacial score (nSPS) is 17.2. The maximum absolute atomic E-state index is 10.2. The molecule has 2 aromatic carbocycles. The molecule has 0 amide bonds. The average Bonchev–Trinajstić information content (AvgIpc) is 2.90. The first-order valence-corrected chi connectivity index (χ1v) is 9.00. The smallest absolute Gasteiger partial charge is 0.119 e. The van der Waals surface area contributed by atoms with Crippen LogP contribution in [0.2, 0.25) is 0 Å². The van der Waals surface area contributed by atoms with Gasteiger partial charge in [0.25, 0.3) is 0 Å². The number of hydrogen-bond donors (Lipinski definition) is 1. The van der Waals surface area contributed by atoms with Crippen LogP contribution < -0.4 is 4.74 Å². The molecule has 1 aliphatic rings. The minimum absolute atomic E-state index is 0.348. The molecule has 24 heavy (non-hydrogen) atoms. The molecular weight excluding hydrogens is 298 g/mol. The van der Waals surface area contributed by atoms with Gasteiger partial charge in [-0.25, -0.2) is 0 Å². The molecule has 1 saturated heterocycles. The summed E-state index contributed by atoms with van der Waals surface area (Å²) in [4.78, 5) is 2.36. The Hall–Kier alpha value is -1.84. The van der Waals surface area contributed by atoms with Gasteiger partial charge >= 0.3 is 0 Å². The van der Waals surface area contributed by atoms with E-state index in [-0.39, 0.29) is 0 Å². The summed E-state index contributed by atoms with van der Waals surface area (Å²) in [5.41, 5.74) is 2.37. The molecule has 0 unspecified atom stereocenters. The SMILES string of the molecule is O[C@H](COc1ccc(-c2ccccc2)cc1)CN1CCCCCC1. The zero-order valence-corrected chi connectivity index (χ0v) is 14.2. The molecule has 2 aromatic rings. The second kappa shape index (κ2) is 8.86. The standard InChI is InChI=1S/C21H27NO2/c23-20(16-22-14-6-1-2-7-15-22)17-24-21-12-10-19(11-13-21)18-8-4-3-5-9-18/h3-5,8-13,20,23H,1-2,6-7,14-17H2/t20-/m0/s1. The number of β-amino-alcohol motifs (C(OH)–C–C–N with tert-alkyl or cyclic N) is 1. The Kier molecular flexibility index (Phi) is 6.27. The summed E-state index contributed by atoms with van der Waals surface area (Å²) < 4.78 is 5.75. The second-order valence-corrected chi connectivity index (χ2v) is 6.57. The molecule has 0 aliphatic carbocycles. The van der Waals surface area contributed by atoms with E-state index in [1.54, 1.807) is 0 Å². The van der Waals surface area contributed by atoms with Gasteiger partial charge in [-0.05, 0) is 49.2 Å². The number of benzene rings is 2. The van der Waals surface area contributed by atoms with Crippen molar-refractivity contribution in [3.8, 4) is 16.9 Å². The van der Waals surface area contributed by atoms with Crippen LogP contribution in [-0.2, 0) is 0 Å². The maximum atomic E-state index is 10.2. The second-order valence-electron chi connectivity index (χ2n) is 6.57. The van der Waals surface area contributed by atoms with E-state index in [4.69, 9.17) is 4.74 Å². The van der Waals surface area contributed by atoms with E-state index in [2.05, 4.69) is 29.2 Å². The van der Waals surface area contributed by atoms with Gasteiger partial charge in [0.15, 0.2) is 0 Å². The third kappa shape index (κ3) is 5.08. The molecule has 0 bridgehead atoms. The molecular formula is C21H27NO2. The Morgan fingerprint density at radius 2 is 1.46 bits per heavy atom. The van der Waals surface area contributed by atoms with E-state index in [0.29, 0.717) is 13.2 Å². The van der Waals surface area contributed by atoms with E-state index in [0.717, 1.165) is 18.8 Å². The first kappa shape index (κ1) is 17.0. The van der Waals surface area contributed by atoms with Crippen molar-refractivity contribution in [2.75, 3.05) is 26.2 Å². The zero-order chi connectivity index (χ0) is 16.6. The fourth-order valence-corrected chi connectivity index (χ4v) is 3.24. The summed E-state index contributed by atoms with van der Waals surface area (Å²) in [6.07, 6.45) is 4.69. The number of ether oxygens (including phenoxy) is 1. The summed E-state index contributed by atoms with van der Waals surface area (Å²) in [7, 11) is 0. The number of hydrogen-bond acceptors (Lipinski definition) is 3. The highest BCUT2D eigenvalue weighted by molar-refractivity contribution is 5.63. The highest BCUT2D eigenvalue weighted by atomic mass is 16.5. The van der Waals surface area contributed by atoms with Gasteiger partial charge in [0.2, 0.25) is 0 Å². The fraction of sp³-hybridized carbons (Fsp3) is 0.429. The quantitative estimate of drug-likeness (QED) is 0.872. The number of nitrogens with zero attached hydrogens (tertiary/aromatic N) is 1. The molecule has 0 aromatic heterocycles. The third-order valence-electron chi connectivity index (χ3n) is 4.57. The third-order valence-corrected chi connectivity index (χ3v) is 4.57. The summed E-state index contributed by atoms with van der Waals surface area (Å²) in [5, 5.41) is 10.2. The Bertz CT molecular complexity index is 589. The highest BCUT2D eigenvalue weighted by Gasteiger charge is 2.14. The van der Waals surface area contributed by atoms with Gasteiger partial charge in [0.05, 0.1) is 0 Å². The van der Waals surface area contributed by atoms with Crippen LogP contribution >= 0.6 is 0 Å². The first-order valence-electron chi connectivity index (χ1n) is 9.00. The van der Waals surface area contributed by atoms with Crippen LogP contribution in [0.15, 0.2) is 54.6 Å². The average molecular weight is 325 g/mol. The summed E-state index contributed by atoms with van der Waals surface area (Å²) in [6.45, 7) is 3.26. The Balaban J connectivity index is 1.47. The van der Waals surface area contributed by atoms with Crippen LogP contribution in [0.1, 0.15) is 25.7 Å². The van der Waals surface area contributed by atoms with Crippen LogP contribution in [0.25, 0.3) is 11.1 Å². The molecule has 1 N–H and O–H groups in total. The van der Waals surface area contributed by atoms with E-state index in [9.17, 15) is 5.11 Å². The van der Waals surface area contributed by atoms with Gasteiger partial charge in [0.1, 0.15) is 18.5 Å². The minimum Gasteiger partial charge on any atom is -0.491 e. The molecule has 3 nitrogen and oxygen atoms in total. The first-order chi connectivity index (χ1) is 11.8. The van der Waals surface area contributed by atoms with E-state index in [1.807, 2.05) is 30.3 Å². The molecule has 1 aliphatic heterocycles. The van der Waals surface area contributed by atoms with E-state index >= 15 is 0 Å². The van der Waals surface area contributed by atoms with Gasteiger partial charge in [-0.15, -0.1) is 0 Å². The number of aliphatic hydroxyl groups excluding tert-OH is 1. The van der Waals surface area contributed by atoms with Gasteiger partial charge in [0, 0.05) is 6.54 Å². The Morgan fingerprint density at radius 1 is 0.833 bits per heavy atom. The maximum Gasteiger partial charge on any atom is 0.119 e. The topological polar surface area (TPSA) is 32.7 Å². The van der Waals surface area contributed by atoms with Gasteiger partial charge in [-0.1, -0.05) is 55.3 Å². The largest absolute Gasteiger partial charge is 0.491 e. The van der Waals surface area contributed by atoms with Crippen molar-refractivity contribution >= 4 is 0 Å². The Morgan fingerprint density at radius 3 is 2.12 bits per heavy atom. The van der Waals surface area contributed by atoms with Crippen molar-refractivity contribution in [2.45, 2.75) is 31.8 Å². The van der Waals surface area contributed by atoms with Gasteiger partial charge in [-0.2, -0.15) is 0 Å². The molecule has 1 heterocycles. The van der Waals surface area contributed by atoms with Gasteiger partial charge < -0.3 is 14.7 Å². The molecule has 3 rings (SSSR count). The van der Waals surface area contributed by atoms with Crippen LogP contribution in [-0.4, -0.2) is 42.4 Å². The highest BCUT2D eigenvalue weighted by Crippen LogP contribution is 2.22. The predicted molar refractivity (Wildman–Crippen MR) is 98.3 cm³/mol. The van der Waals surface area contributed by atoms with Crippen LogP contribution in [0.4, 0.5) is 0 Å². The summed E-state index contributed by atoms with van der Waals surface area (Å²) in [5.74, 6) is 0.810. The summed E-state index contributed by atoms with van der Waals surface area (Å²) >= 11 is 0. The van der Waals surface area contributed by atoms with Gasteiger partial charge in [-0.3, -0.25) is 0 Å². The summed E-state index contributed by atoms with van der Waals surface area (Å²) in [6, 6.07) is 18.4. The monoisotopic (exact) mass is 325 g/mol. The minimum atomic E-state index is -0.433. The molecule has 0 spiro atoms. The molecule has 128 valence electrons. The lowest BCUT2D eigenvalue weighted by atomic mass is 10.1. The van der Waals surface area contributed by atoms with E-state index < -0.39 is 6.10 Å². The van der Waals surface area contributed by atoms with Crippen molar-refractivity contribution in [3.63, 3.8) is 0 Å². The lowest BCUT2D eigenvalue weighted by molar-refractivity contribution is 0.0694. The van der Waals surface area contributed by atoms with Crippen LogP contribution in [0.3, 0.4) is 0 Å². The van der Waals surface area contributed by atoms with Crippen molar-refractivity contribution < 1.29 is 9.84 Å². The van der Waals surface area contributed by atoms with Crippen molar-refractivity contribution in [3.05, 3.63) is 54.6 Å². The molecule has 0 saturated carbocycles. The predicted octanol–water partition coefficient (Wildman–Crippen LogP) is 3.97. The van der Waals surface area contributed by atoms with Crippen LogP contribution in [0.5, 0.6) is 5.75 Å². The number of likely N-dealkylation sites (tertiary alicyclic amines) is 1. The Labute approximate surface area is 144 Å². The molecule has 1 atom stereocenters. The van der Waals surface area contributed by atoms with E-state index in [1.165, 1.54) is 36.8 Å². The van der Waals surface area contributed by atoms with Crippen LogP contribution in [0, 0.1) is 0 Å². The molecule has 0 radical (unpaired) electrons. The van der Waals surface area contributed by atoms with Crippen molar-refractivity contribution in [2.24, 2.45) is 0 Å². The lowest BCUT2D eigenvalue weighted by Gasteiger charge is -2.23. The fourth-order valence-electron chi connectivity index (χ4n) is 3.24. The lowest BCUT2D eigenvalue weighted by Crippen LogP contribution is -2.36. The van der Waals surface area contributed by atoms with Crippen molar-refractivity contribution in [1.82, 2.24) is 4.90 Å². The molecule has 1 fully saturated rings. The number of rotatable bonds is 6. The molecule has 3 heteroatoms. The zero-order valence-electron chi connectivity index (χ0n) is 14.2. The number of aliphatic hydroxyl groups is 1.